The van der Waals surface area contributed by atoms with E-state index >= 15 is 0 Å². The number of nitrogens with zero attached hydrogens (tertiary/aromatic N) is 4. The van der Waals surface area contributed by atoms with Crippen molar-refractivity contribution in [2.45, 2.75) is 18.6 Å². The van der Waals surface area contributed by atoms with Crippen LogP contribution >= 0.6 is 11.6 Å². The van der Waals surface area contributed by atoms with Crippen LogP contribution in [0.3, 0.4) is 0 Å². The van der Waals surface area contributed by atoms with Crippen LogP contribution in [0.4, 0.5) is 36.2 Å². The Morgan fingerprint density at radius 3 is 2.58 bits per heavy atom. The molecule has 2 N–H and O–H groups in total. The van der Waals surface area contributed by atoms with Crippen molar-refractivity contribution < 1.29 is 22.7 Å². The summed E-state index contributed by atoms with van der Waals surface area (Å²) in [6, 6.07) is 2.27. The zero-order chi connectivity index (χ0) is 22.6. The van der Waals surface area contributed by atoms with Gasteiger partial charge in [0.2, 0.25) is 12.4 Å². The van der Waals surface area contributed by atoms with Gasteiger partial charge in [-0.3, -0.25) is 4.79 Å². The minimum absolute atomic E-state index is 0.0268. The molecule has 1 fully saturated rings. The molecule has 168 valence electrons. The van der Waals surface area contributed by atoms with Crippen LogP contribution in [0.1, 0.15) is 6.42 Å². The molecule has 1 aromatic heterocycles. The Labute approximate surface area is 182 Å². The number of hydrogen-bond acceptors (Lipinski definition) is 7. The van der Waals surface area contributed by atoms with Gasteiger partial charge in [0.1, 0.15) is 5.69 Å². The van der Waals surface area contributed by atoms with E-state index in [0.717, 1.165) is 0 Å². The fourth-order valence-electron chi connectivity index (χ4n) is 3.57. The minimum Gasteiger partial charge on any atom is -0.492 e. The Morgan fingerprint density at radius 1 is 1.29 bits per heavy atom. The highest BCUT2D eigenvalue weighted by molar-refractivity contribution is 6.34. The summed E-state index contributed by atoms with van der Waals surface area (Å²) in [4.78, 5) is 22.5. The summed E-state index contributed by atoms with van der Waals surface area (Å²) in [5.74, 6) is 0.646. The lowest BCUT2D eigenvalue weighted by atomic mass is 10.1. The van der Waals surface area contributed by atoms with Crippen LogP contribution in [0.15, 0.2) is 24.5 Å². The first-order chi connectivity index (χ1) is 14.8. The molecule has 1 aromatic carbocycles. The lowest BCUT2D eigenvalue weighted by Gasteiger charge is -2.41. The van der Waals surface area contributed by atoms with Crippen LogP contribution in [0.2, 0.25) is 5.02 Å². The second-order valence-electron chi connectivity index (χ2n) is 6.87. The monoisotopic (exact) mass is 458 g/mol. The number of aromatic nitrogens is 2. The fourth-order valence-corrected chi connectivity index (χ4v) is 3.86. The Bertz CT molecular complexity index is 916. The van der Waals surface area contributed by atoms with E-state index < -0.39 is 18.6 Å². The number of alkyl halides is 3. The van der Waals surface area contributed by atoms with Crippen molar-refractivity contribution in [2.75, 3.05) is 49.3 Å². The van der Waals surface area contributed by atoms with Gasteiger partial charge in [-0.2, -0.15) is 13.2 Å². The maximum absolute atomic E-state index is 13.1. The van der Waals surface area contributed by atoms with Gasteiger partial charge in [-0.1, -0.05) is 11.6 Å². The highest BCUT2D eigenvalue weighted by atomic mass is 35.5. The second-order valence-corrected chi connectivity index (χ2v) is 7.28. The number of carbonyl (C=O) groups excluding carboxylic acids is 1. The molecule has 8 nitrogen and oxygen atoms in total. The Kier molecular flexibility index (Phi) is 6.94. The van der Waals surface area contributed by atoms with Crippen LogP contribution in [0.25, 0.3) is 0 Å². The zero-order valence-electron chi connectivity index (χ0n) is 16.9. The summed E-state index contributed by atoms with van der Waals surface area (Å²) >= 11 is 6.43. The van der Waals surface area contributed by atoms with Crippen molar-refractivity contribution >= 4 is 41.0 Å². The summed E-state index contributed by atoms with van der Waals surface area (Å²) in [6.45, 7) is 0.427. The van der Waals surface area contributed by atoms with E-state index in [9.17, 15) is 18.0 Å². The normalized spacial score (nSPS) is 16.8. The van der Waals surface area contributed by atoms with E-state index in [-0.39, 0.29) is 19.0 Å². The topological polar surface area (TPSA) is 82.6 Å². The van der Waals surface area contributed by atoms with E-state index in [4.69, 9.17) is 16.3 Å². The van der Waals surface area contributed by atoms with Crippen molar-refractivity contribution in [1.29, 1.82) is 0 Å². The van der Waals surface area contributed by atoms with Crippen molar-refractivity contribution in [3.63, 3.8) is 0 Å². The molecule has 12 heteroatoms. The SMILES string of the molecule is CNc1c(Cl)cc(N2CCN(C=O)C(CC(F)(F)F)C2)c(Nc2ncccn2)c1OC. The molecule has 1 aliphatic heterocycles. The fraction of sp³-hybridized carbons (Fsp3) is 0.421. The number of methoxy groups -OCH3 is 1. The summed E-state index contributed by atoms with van der Waals surface area (Å²) in [7, 11) is 3.14. The molecule has 1 aliphatic rings. The van der Waals surface area contributed by atoms with Gasteiger partial charge in [-0.05, 0) is 12.1 Å². The van der Waals surface area contributed by atoms with Crippen molar-refractivity contribution in [2.24, 2.45) is 0 Å². The Morgan fingerprint density at radius 2 is 2.00 bits per heavy atom. The second kappa shape index (κ2) is 9.46. The van der Waals surface area contributed by atoms with Gasteiger partial charge >= 0.3 is 6.18 Å². The van der Waals surface area contributed by atoms with E-state index in [1.165, 1.54) is 12.0 Å². The molecular formula is C19H22ClF3N6O2. The number of nitrogens with one attached hydrogen (secondary N) is 2. The zero-order valence-corrected chi connectivity index (χ0v) is 17.7. The van der Waals surface area contributed by atoms with Gasteiger partial charge in [0.05, 0.1) is 36.0 Å². The molecule has 0 radical (unpaired) electrons. The first kappa shape index (κ1) is 22.7. The predicted octanol–water partition coefficient (Wildman–Crippen LogP) is 3.52. The number of hydrogen-bond donors (Lipinski definition) is 2. The maximum atomic E-state index is 13.1. The minimum atomic E-state index is -4.40. The third-order valence-corrected chi connectivity index (χ3v) is 5.24. The number of rotatable bonds is 7. The third kappa shape index (κ3) is 5.22. The van der Waals surface area contributed by atoms with Crippen LogP contribution in [-0.4, -0.2) is 67.3 Å². The highest BCUT2D eigenvalue weighted by Gasteiger charge is 2.38. The third-order valence-electron chi connectivity index (χ3n) is 4.94. The number of ether oxygens (including phenoxy) is 1. The molecule has 2 heterocycles. The van der Waals surface area contributed by atoms with E-state index in [0.29, 0.717) is 40.8 Å². The van der Waals surface area contributed by atoms with E-state index in [1.807, 2.05) is 0 Å². The Balaban J connectivity index is 2.04. The van der Waals surface area contributed by atoms with Crippen LogP contribution in [0.5, 0.6) is 5.75 Å². The molecule has 3 rings (SSSR count). The number of benzene rings is 1. The van der Waals surface area contributed by atoms with Gasteiger partial charge in [0.25, 0.3) is 0 Å². The predicted molar refractivity (Wildman–Crippen MR) is 112 cm³/mol. The number of piperazine rings is 1. The van der Waals surface area contributed by atoms with Crippen LogP contribution < -0.4 is 20.3 Å². The largest absolute Gasteiger partial charge is 0.492 e. The summed E-state index contributed by atoms with van der Waals surface area (Å²) in [6.07, 6.45) is -1.94. The molecule has 31 heavy (non-hydrogen) atoms. The summed E-state index contributed by atoms with van der Waals surface area (Å²) < 4.78 is 44.8. The molecule has 1 atom stereocenters. The molecule has 0 bridgehead atoms. The summed E-state index contributed by atoms with van der Waals surface area (Å²) in [5, 5.41) is 6.39. The summed E-state index contributed by atoms with van der Waals surface area (Å²) in [5.41, 5.74) is 1.48. The molecule has 1 unspecified atom stereocenters. The van der Waals surface area contributed by atoms with E-state index in [1.54, 1.807) is 36.5 Å². The molecular weight excluding hydrogens is 437 g/mol. The molecule has 2 aromatic rings. The van der Waals surface area contributed by atoms with Crippen LogP contribution in [-0.2, 0) is 4.79 Å². The van der Waals surface area contributed by atoms with Gasteiger partial charge in [-0.25, -0.2) is 9.97 Å². The van der Waals surface area contributed by atoms with Crippen LogP contribution in [0, 0.1) is 0 Å². The van der Waals surface area contributed by atoms with Gasteiger partial charge < -0.3 is 25.2 Å². The van der Waals surface area contributed by atoms with Gasteiger partial charge in [0, 0.05) is 39.1 Å². The van der Waals surface area contributed by atoms with Crippen molar-refractivity contribution in [1.82, 2.24) is 14.9 Å². The van der Waals surface area contributed by atoms with Gasteiger partial charge in [-0.15, -0.1) is 0 Å². The maximum Gasteiger partial charge on any atom is 0.391 e. The van der Waals surface area contributed by atoms with Crippen molar-refractivity contribution in [3.8, 4) is 5.75 Å². The lowest BCUT2D eigenvalue weighted by molar-refractivity contribution is -0.150. The first-order valence-electron chi connectivity index (χ1n) is 9.42. The standard InChI is InChI=1S/C19H22ClF3N6O2/c1-24-15-13(20)8-14(16(17(15)31-2)27-18-25-4-3-5-26-18)28-6-7-29(11-30)12(10-28)9-19(21,22)23/h3-5,8,11-12,24H,6-7,9-10H2,1-2H3,(H,25,26,27). The number of anilines is 4. The molecule has 1 amide bonds. The van der Waals surface area contributed by atoms with E-state index in [2.05, 4.69) is 20.6 Å². The number of halogens is 4. The highest BCUT2D eigenvalue weighted by Crippen LogP contribution is 2.47. The Hall–Kier alpha value is -2.95. The first-order valence-corrected chi connectivity index (χ1v) is 9.80. The lowest BCUT2D eigenvalue weighted by Crippen LogP contribution is -2.54. The molecule has 1 saturated heterocycles. The smallest absolute Gasteiger partial charge is 0.391 e. The van der Waals surface area contributed by atoms with Gasteiger partial charge in [0.15, 0.2) is 5.75 Å². The molecule has 0 spiro atoms. The average Bonchev–Trinajstić information content (AvgIpc) is 2.74. The van der Waals surface area contributed by atoms with Crippen molar-refractivity contribution in [3.05, 3.63) is 29.5 Å². The number of carbonyl (C=O) groups is 1. The number of amides is 1. The average molecular weight is 459 g/mol. The molecule has 0 aliphatic carbocycles. The molecule has 0 saturated carbocycles. The quantitative estimate of drug-likeness (QED) is 0.614.